The molecule has 0 unspecified atom stereocenters. The molecule has 0 aromatic heterocycles. The molecule has 0 saturated carbocycles. The standard InChI is InChI=1S/C25H30FN5O4/c1-2-23(32)27-18-7-8-22(19(17-18)24(33)30-13-15-35-16-14-30)29-9-11-31(12-10-29)25(34)28-21-6-4-3-5-20(21)26/h3-8,17H,2,9-16H2,1H3,(H,27,32)(H,28,34). The topological polar surface area (TPSA) is 94.2 Å². The number of anilines is 3. The summed E-state index contributed by atoms with van der Waals surface area (Å²) in [7, 11) is 0. The Kier molecular flexibility index (Phi) is 7.81. The van der Waals surface area contributed by atoms with Gasteiger partial charge in [0, 0.05) is 57.1 Å². The van der Waals surface area contributed by atoms with E-state index in [0.29, 0.717) is 70.2 Å². The predicted molar refractivity (Wildman–Crippen MR) is 131 cm³/mol. The van der Waals surface area contributed by atoms with Crippen LogP contribution in [0.5, 0.6) is 0 Å². The minimum Gasteiger partial charge on any atom is -0.378 e. The third kappa shape index (κ3) is 5.89. The number of piperazine rings is 1. The van der Waals surface area contributed by atoms with Crippen LogP contribution in [-0.4, -0.2) is 80.1 Å². The van der Waals surface area contributed by atoms with E-state index >= 15 is 0 Å². The SMILES string of the molecule is CCC(=O)Nc1ccc(N2CCN(C(=O)Nc3ccccc3F)CC2)c(C(=O)N2CCOCC2)c1. The molecule has 2 aromatic rings. The molecule has 2 N–H and O–H groups in total. The highest BCUT2D eigenvalue weighted by molar-refractivity contribution is 6.02. The average molecular weight is 484 g/mol. The summed E-state index contributed by atoms with van der Waals surface area (Å²) in [5, 5.41) is 5.44. The van der Waals surface area contributed by atoms with E-state index < -0.39 is 5.82 Å². The molecule has 0 radical (unpaired) electrons. The maximum atomic E-state index is 13.9. The van der Waals surface area contributed by atoms with Crippen molar-refractivity contribution in [3.05, 3.63) is 53.8 Å². The highest BCUT2D eigenvalue weighted by atomic mass is 19.1. The van der Waals surface area contributed by atoms with Gasteiger partial charge in [-0.2, -0.15) is 0 Å². The number of amides is 4. The number of morpholine rings is 1. The Morgan fingerprint density at radius 1 is 0.914 bits per heavy atom. The number of ether oxygens (including phenoxy) is 1. The number of benzene rings is 2. The van der Waals surface area contributed by atoms with Crippen LogP contribution in [0.1, 0.15) is 23.7 Å². The smallest absolute Gasteiger partial charge is 0.322 e. The van der Waals surface area contributed by atoms with E-state index in [1.807, 2.05) is 6.07 Å². The molecule has 10 heteroatoms. The number of hydrogen-bond acceptors (Lipinski definition) is 5. The molecule has 35 heavy (non-hydrogen) atoms. The molecule has 2 saturated heterocycles. The lowest BCUT2D eigenvalue weighted by molar-refractivity contribution is -0.115. The normalized spacial score (nSPS) is 16.1. The first kappa shape index (κ1) is 24.5. The fourth-order valence-corrected chi connectivity index (χ4v) is 4.15. The zero-order chi connectivity index (χ0) is 24.8. The van der Waals surface area contributed by atoms with Crippen LogP contribution in [0.2, 0.25) is 0 Å². The van der Waals surface area contributed by atoms with Crippen molar-refractivity contribution in [1.29, 1.82) is 0 Å². The summed E-state index contributed by atoms with van der Waals surface area (Å²) in [6.07, 6.45) is 0.339. The van der Waals surface area contributed by atoms with Gasteiger partial charge in [0.2, 0.25) is 5.91 Å². The number of nitrogens with zero attached hydrogens (tertiary/aromatic N) is 3. The molecule has 0 bridgehead atoms. The summed E-state index contributed by atoms with van der Waals surface area (Å²) in [5.41, 5.74) is 1.97. The van der Waals surface area contributed by atoms with Gasteiger partial charge >= 0.3 is 6.03 Å². The minimum absolute atomic E-state index is 0.115. The zero-order valence-electron chi connectivity index (χ0n) is 19.8. The number of urea groups is 1. The molecule has 0 atom stereocenters. The Morgan fingerprint density at radius 2 is 1.63 bits per heavy atom. The first-order valence-corrected chi connectivity index (χ1v) is 11.8. The zero-order valence-corrected chi connectivity index (χ0v) is 19.8. The molecule has 4 rings (SSSR count). The van der Waals surface area contributed by atoms with Crippen LogP contribution in [-0.2, 0) is 9.53 Å². The van der Waals surface area contributed by atoms with Crippen molar-refractivity contribution in [3.8, 4) is 0 Å². The number of nitrogens with one attached hydrogen (secondary N) is 2. The van der Waals surface area contributed by atoms with Crippen LogP contribution in [0.4, 0.5) is 26.2 Å². The van der Waals surface area contributed by atoms with E-state index in [-0.39, 0.29) is 23.5 Å². The first-order chi connectivity index (χ1) is 17.0. The van der Waals surface area contributed by atoms with Gasteiger partial charge in [0.05, 0.1) is 24.5 Å². The molecule has 2 aliphatic heterocycles. The average Bonchev–Trinajstić information content (AvgIpc) is 2.90. The predicted octanol–water partition coefficient (Wildman–Crippen LogP) is 3.00. The van der Waals surface area contributed by atoms with Crippen LogP contribution in [0.25, 0.3) is 0 Å². The molecule has 186 valence electrons. The Hall–Kier alpha value is -3.66. The maximum Gasteiger partial charge on any atom is 0.322 e. The molecule has 4 amide bonds. The highest BCUT2D eigenvalue weighted by Gasteiger charge is 2.27. The summed E-state index contributed by atoms with van der Waals surface area (Å²) in [5.74, 6) is -0.728. The summed E-state index contributed by atoms with van der Waals surface area (Å²) in [6.45, 7) is 5.61. The van der Waals surface area contributed by atoms with Crippen LogP contribution >= 0.6 is 0 Å². The van der Waals surface area contributed by atoms with Crippen LogP contribution in [0, 0.1) is 5.82 Å². The number of para-hydroxylation sites is 1. The van der Waals surface area contributed by atoms with Crippen molar-refractivity contribution in [2.75, 3.05) is 68.0 Å². The van der Waals surface area contributed by atoms with Gasteiger partial charge < -0.3 is 30.1 Å². The first-order valence-electron chi connectivity index (χ1n) is 11.8. The second-order valence-corrected chi connectivity index (χ2v) is 8.42. The second-order valence-electron chi connectivity index (χ2n) is 8.42. The minimum atomic E-state index is -0.485. The van der Waals surface area contributed by atoms with Gasteiger partial charge in [0.25, 0.3) is 5.91 Å². The van der Waals surface area contributed by atoms with E-state index in [1.54, 1.807) is 41.0 Å². The van der Waals surface area contributed by atoms with Gasteiger partial charge in [0.1, 0.15) is 5.82 Å². The molecule has 2 heterocycles. The van der Waals surface area contributed by atoms with Crippen molar-refractivity contribution in [1.82, 2.24) is 9.80 Å². The van der Waals surface area contributed by atoms with Crippen molar-refractivity contribution >= 4 is 34.9 Å². The van der Waals surface area contributed by atoms with Crippen molar-refractivity contribution < 1.29 is 23.5 Å². The fourth-order valence-electron chi connectivity index (χ4n) is 4.15. The van der Waals surface area contributed by atoms with Crippen molar-refractivity contribution in [2.24, 2.45) is 0 Å². The van der Waals surface area contributed by atoms with Gasteiger partial charge in [-0.3, -0.25) is 9.59 Å². The molecule has 2 aromatic carbocycles. The third-order valence-corrected chi connectivity index (χ3v) is 6.15. The molecular weight excluding hydrogens is 453 g/mol. The van der Waals surface area contributed by atoms with Crippen molar-refractivity contribution in [3.63, 3.8) is 0 Å². The molecule has 2 fully saturated rings. The summed E-state index contributed by atoms with van der Waals surface area (Å²) in [6, 6.07) is 11.0. The Bertz CT molecular complexity index is 1080. The van der Waals surface area contributed by atoms with Gasteiger partial charge in [-0.05, 0) is 30.3 Å². The molecular formula is C25H30FN5O4. The number of carbonyl (C=O) groups excluding carboxylic acids is 3. The quantitative estimate of drug-likeness (QED) is 0.682. The van der Waals surface area contributed by atoms with Gasteiger partial charge in [0.15, 0.2) is 0 Å². The highest BCUT2D eigenvalue weighted by Crippen LogP contribution is 2.28. The lowest BCUT2D eigenvalue weighted by atomic mass is 10.1. The number of hydrogen-bond donors (Lipinski definition) is 2. The second kappa shape index (κ2) is 11.2. The monoisotopic (exact) mass is 483 g/mol. The molecule has 2 aliphatic rings. The molecule has 9 nitrogen and oxygen atoms in total. The lowest BCUT2D eigenvalue weighted by Crippen LogP contribution is -2.50. The largest absolute Gasteiger partial charge is 0.378 e. The van der Waals surface area contributed by atoms with Crippen molar-refractivity contribution in [2.45, 2.75) is 13.3 Å². The van der Waals surface area contributed by atoms with E-state index in [0.717, 1.165) is 5.69 Å². The number of halogens is 1. The summed E-state index contributed by atoms with van der Waals surface area (Å²) < 4.78 is 19.3. The van der Waals surface area contributed by atoms with E-state index in [4.69, 9.17) is 4.74 Å². The van der Waals surface area contributed by atoms with Gasteiger partial charge in [-0.15, -0.1) is 0 Å². The van der Waals surface area contributed by atoms with Gasteiger partial charge in [-0.1, -0.05) is 19.1 Å². The molecule has 0 spiro atoms. The fraction of sp³-hybridized carbons (Fsp3) is 0.400. The van der Waals surface area contributed by atoms with Crippen LogP contribution in [0.3, 0.4) is 0 Å². The Labute approximate surface area is 203 Å². The molecule has 0 aliphatic carbocycles. The van der Waals surface area contributed by atoms with Crippen LogP contribution in [0.15, 0.2) is 42.5 Å². The van der Waals surface area contributed by atoms with E-state index in [2.05, 4.69) is 15.5 Å². The van der Waals surface area contributed by atoms with Crippen LogP contribution < -0.4 is 15.5 Å². The van der Waals surface area contributed by atoms with E-state index in [1.165, 1.54) is 12.1 Å². The summed E-state index contributed by atoms with van der Waals surface area (Å²) >= 11 is 0. The lowest BCUT2D eigenvalue weighted by Gasteiger charge is -2.37. The Balaban J connectivity index is 1.48. The maximum absolute atomic E-state index is 13.9. The Morgan fingerprint density at radius 3 is 2.31 bits per heavy atom. The number of rotatable bonds is 5. The summed E-state index contributed by atoms with van der Waals surface area (Å²) in [4.78, 5) is 43.4. The third-order valence-electron chi connectivity index (χ3n) is 6.15. The number of carbonyl (C=O) groups is 3. The van der Waals surface area contributed by atoms with Gasteiger partial charge in [-0.25, -0.2) is 9.18 Å². The van der Waals surface area contributed by atoms with E-state index in [9.17, 15) is 18.8 Å².